The molecule has 0 saturated carbocycles. The van der Waals surface area contributed by atoms with Crippen molar-refractivity contribution >= 4 is 5.91 Å². The number of hydrogen-bond donors (Lipinski definition) is 1. The zero-order chi connectivity index (χ0) is 20.4. The van der Waals surface area contributed by atoms with Crippen molar-refractivity contribution in [2.45, 2.75) is 26.2 Å². The number of benzene rings is 2. The Labute approximate surface area is 168 Å². The smallest absolute Gasteiger partial charge is 0.253 e. The van der Waals surface area contributed by atoms with Crippen LogP contribution in [0, 0.1) is 5.82 Å². The van der Waals surface area contributed by atoms with Crippen molar-refractivity contribution in [2.24, 2.45) is 0 Å². The Morgan fingerprint density at radius 3 is 2.41 bits per heavy atom. The number of carbonyl (C=O) groups excluding carboxylic acids is 1. The maximum Gasteiger partial charge on any atom is 0.253 e. The minimum Gasteiger partial charge on any atom is -0.508 e. The fraction of sp³-hybridized carbons (Fsp3) is 0.261. The molecule has 0 unspecified atom stereocenters. The number of carbonyl (C=O) groups is 1. The summed E-state index contributed by atoms with van der Waals surface area (Å²) in [5, 5.41) is 9.61. The molecule has 0 spiro atoms. The van der Waals surface area contributed by atoms with Crippen LogP contribution in [0.3, 0.4) is 0 Å². The average molecular weight is 391 g/mol. The number of aryl methyl sites for hydroxylation is 1. The van der Waals surface area contributed by atoms with Gasteiger partial charge in [-0.05, 0) is 55.0 Å². The molecule has 6 heteroatoms. The minimum atomic E-state index is -0.356. The van der Waals surface area contributed by atoms with Gasteiger partial charge in [-0.25, -0.2) is 14.4 Å². The van der Waals surface area contributed by atoms with Crippen LogP contribution in [0.5, 0.6) is 5.75 Å². The molecule has 3 aromatic rings. The largest absolute Gasteiger partial charge is 0.508 e. The lowest BCUT2D eigenvalue weighted by atomic mass is 10.0. The summed E-state index contributed by atoms with van der Waals surface area (Å²) < 4.78 is 13.2. The molecule has 148 valence electrons. The number of phenols is 1. The Morgan fingerprint density at radius 1 is 1.03 bits per heavy atom. The molecular weight excluding hydrogens is 369 g/mol. The van der Waals surface area contributed by atoms with Crippen molar-refractivity contribution < 1.29 is 14.3 Å². The predicted octanol–water partition coefficient (Wildman–Crippen LogP) is 3.79. The summed E-state index contributed by atoms with van der Waals surface area (Å²) in [7, 11) is 0. The molecule has 1 N–H and O–H groups in total. The van der Waals surface area contributed by atoms with E-state index in [0.29, 0.717) is 31.5 Å². The Morgan fingerprint density at radius 2 is 1.72 bits per heavy atom. The molecule has 0 atom stereocenters. The van der Waals surface area contributed by atoms with E-state index >= 15 is 0 Å². The Bertz CT molecular complexity index is 1030. The third-order valence-corrected chi connectivity index (χ3v) is 5.22. The summed E-state index contributed by atoms with van der Waals surface area (Å²) >= 11 is 0. The predicted molar refractivity (Wildman–Crippen MR) is 108 cm³/mol. The number of phenolic OH excluding ortho intramolecular Hbond substituents is 1. The van der Waals surface area contributed by atoms with E-state index in [9.17, 15) is 14.3 Å². The van der Waals surface area contributed by atoms with Gasteiger partial charge in [-0.1, -0.05) is 6.92 Å². The summed E-state index contributed by atoms with van der Waals surface area (Å²) in [5.41, 5.74) is 4.28. The zero-order valence-electron chi connectivity index (χ0n) is 16.2. The molecule has 0 saturated heterocycles. The first-order chi connectivity index (χ1) is 14.0. The van der Waals surface area contributed by atoms with Crippen LogP contribution in [0.4, 0.5) is 4.39 Å². The summed E-state index contributed by atoms with van der Waals surface area (Å²) in [4.78, 5) is 24.1. The highest BCUT2D eigenvalue weighted by Gasteiger charge is 2.24. The molecule has 0 fully saturated rings. The SMILES string of the molecule is CCc1nc2c(c(-c3ccc(O)cc3)n1)CCN(C(=O)c1ccc(F)cc1)CC2. The van der Waals surface area contributed by atoms with Crippen molar-refractivity contribution in [1.82, 2.24) is 14.9 Å². The number of aromatic hydroxyl groups is 1. The van der Waals surface area contributed by atoms with Gasteiger partial charge in [0.05, 0.1) is 5.69 Å². The van der Waals surface area contributed by atoms with E-state index in [1.807, 2.05) is 19.1 Å². The minimum absolute atomic E-state index is 0.104. The van der Waals surface area contributed by atoms with Gasteiger partial charge >= 0.3 is 0 Å². The molecule has 29 heavy (non-hydrogen) atoms. The fourth-order valence-corrected chi connectivity index (χ4v) is 3.64. The van der Waals surface area contributed by atoms with Gasteiger partial charge in [0.1, 0.15) is 17.4 Å². The van der Waals surface area contributed by atoms with Gasteiger partial charge in [0, 0.05) is 48.3 Å². The first kappa shape index (κ1) is 19.1. The topological polar surface area (TPSA) is 66.3 Å². The maximum atomic E-state index is 13.2. The highest BCUT2D eigenvalue weighted by atomic mass is 19.1. The third kappa shape index (κ3) is 3.97. The van der Waals surface area contributed by atoms with Crippen LogP contribution in [-0.2, 0) is 19.3 Å². The van der Waals surface area contributed by atoms with Gasteiger partial charge < -0.3 is 10.0 Å². The normalized spacial score (nSPS) is 13.7. The van der Waals surface area contributed by atoms with Gasteiger partial charge in [0.25, 0.3) is 5.91 Å². The number of amides is 1. The van der Waals surface area contributed by atoms with Gasteiger partial charge in [-0.3, -0.25) is 4.79 Å². The monoisotopic (exact) mass is 391 g/mol. The van der Waals surface area contributed by atoms with E-state index < -0.39 is 0 Å². The molecular formula is C23H22FN3O2. The third-order valence-electron chi connectivity index (χ3n) is 5.22. The number of rotatable bonds is 3. The lowest BCUT2D eigenvalue weighted by Crippen LogP contribution is -2.33. The van der Waals surface area contributed by atoms with Crippen LogP contribution in [0.25, 0.3) is 11.3 Å². The second-order valence-corrected chi connectivity index (χ2v) is 7.11. The molecule has 1 aromatic heterocycles. The van der Waals surface area contributed by atoms with Crippen LogP contribution >= 0.6 is 0 Å². The molecule has 2 aromatic carbocycles. The molecule has 4 rings (SSSR count). The van der Waals surface area contributed by atoms with Crippen LogP contribution in [0.2, 0.25) is 0 Å². The molecule has 1 amide bonds. The van der Waals surface area contributed by atoms with E-state index in [0.717, 1.165) is 34.8 Å². The highest BCUT2D eigenvalue weighted by Crippen LogP contribution is 2.28. The van der Waals surface area contributed by atoms with Gasteiger partial charge in [0.2, 0.25) is 0 Å². The van der Waals surface area contributed by atoms with E-state index in [1.54, 1.807) is 17.0 Å². The van der Waals surface area contributed by atoms with Gasteiger partial charge in [-0.2, -0.15) is 0 Å². The summed E-state index contributed by atoms with van der Waals surface area (Å²) in [6.07, 6.45) is 2.00. The molecule has 0 aliphatic carbocycles. The first-order valence-electron chi connectivity index (χ1n) is 9.78. The van der Waals surface area contributed by atoms with Crippen LogP contribution in [0.1, 0.15) is 34.4 Å². The number of halogens is 1. The summed E-state index contributed by atoms with van der Waals surface area (Å²) in [6.45, 7) is 3.12. The number of fused-ring (bicyclic) bond motifs is 1. The fourth-order valence-electron chi connectivity index (χ4n) is 3.64. The quantitative estimate of drug-likeness (QED) is 0.738. The van der Waals surface area contributed by atoms with Gasteiger partial charge in [0.15, 0.2) is 0 Å². The highest BCUT2D eigenvalue weighted by molar-refractivity contribution is 5.94. The first-order valence-corrected chi connectivity index (χ1v) is 9.78. The van der Waals surface area contributed by atoms with E-state index in [1.165, 1.54) is 24.3 Å². The lowest BCUT2D eigenvalue weighted by molar-refractivity contribution is 0.0763. The standard InChI is InChI=1S/C23H22FN3O2/c1-2-21-25-20-12-14-27(23(29)16-3-7-17(24)8-4-16)13-11-19(20)22(26-21)15-5-9-18(28)10-6-15/h3-10,28H,2,11-14H2,1H3. The van der Waals surface area contributed by atoms with E-state index in [2.05, 4.69) is 0 Å². The molecule has 2 heterocycles. The summed E-state index contributed by atoms with van der Waals surface area (Å²) in [5.74, 6) is 0.518. The molecule has 0 bridgehead atoms. The number of nitrogens with zero attached hydrogens (tertiary/aromatic N) is 3. The van der Waals surface area contributed by atoms with E-state index in [-0.39, 0.29) is 17.5 Å². The van der Waals surface area contributed by atoms with Crippen molar-refractivity contribution in [1.29, 1.82) is 0 Å². The van der Waals surface area contributed by atoms with Crippen molar-refractivity contribution in [3.8, 4) is 17.0 Å². The second-order valence-electron chi connectivity index (χ2n) is 7.11. The van der Waals surface area contributed by atoms with Crippen LogP contribution < -0.4 is 0 Å². The van der Waals surface area contributed by atoms with E-state index in [4.69, 9.17) is 9.97 Å². The molecule has 1 aliphatic heterocycles. The maximum absolute atomic E-state index is 13.2. The Balaban J connectivity index is 1.65. The van der Waals surface area contributed by atoms with Crippen molar-refractivity contribution in [3.05, 3.63) is 77.0 Å². The van der Waals surface area contributed by atoms with Crippen LogP contribution in [-0.4, -0.2) is 39.0 Å². The van der Waals surface area contributed by atoms with Crippen molar-refractivity contribution in [2.75, 3.05) is 13.1 Å². The molecule has 5 nitrogen and oxygen atoms in total. The zero-order valence-corrected chi connectivity index (χ0v) is 16.2. The molecule has 0 radical (unpaired) electrons. The Hall–Kier alpha value is -3.28. The Kier molecular flexibility index (Phi) is 5.25. The van der Waals surface area contributed by atoms with Crippen molar-refractivity contribution in [3.63, 3.8) is 0 Å². The summed E-state index contributed by atoms with van der Waals surface area (Å²) in [6, 6.07) is 12.7. The average Bonchev–Trinajstić information content (AvgIpc) is 2.96. The number of aromatic nitrogens is 2. The van der Waals surface area contributed by atoms with Crippen LogP contribution in [0.15, 0.2) is 48.5 Å². The molecule has 1 aliphatic rings. The number of hydrogen-bond acceptors (Lipinski definition) is 4. The lowest BCUT2D eigenvalue weighted by Gasteiger charge is -2.20. The van der Waals surface area contributed by atoms with Gasteiger partial charge in [-0.15, -0.1) is 0 Å². The second kappa shape index (κ2) is 7.99.